The number of ether oxygens (including phenoxy) is 1. The summed E-state index contributed by atoms with van der Waals surface area (Å²) in [5.74, 6) is 1.09. The highest BCUT2D eigenvalue weighted by molar-refractivity contribution is 5.96. The molecule has 0 radical (unpaired) electrons. The van der Waals surface area contributed by atoms with Crippen molar-refractivity contribution in [3.05, 3.63) is 54.6 Å². The van der Waals surface area contributed by atoms with Gasteiger partial charge in [0.05, 0.1) is 12.2 Å². The van der Waals surface area contributed by atoms with E-state index in [0.29, 0.717) is 30.2 Å². The summed E-state index contributed by atoms with van der Waals surface area (Å²) in [4.78, 5) is 25.3. The molecule has 1 saturated heterocycles. The van der Waals surface area contributed by atoms with E-state index in [9.17, 15) is 9.59 Å². The predicted molar refractivity (Wildman–Crippen MR) is 87.4 cm³/mol. The van der Waals surface area contributed by atoms with Crippen molar-refractivity contribution in [3.8, 4) is 11.5 Å². The standard InChI is InChI=1S/C18H18N2O3/c21-17(13-20-12-6-11-18(20)22)19-15-9-4-5-10-16(15)23-14-7-2-1-3-8-14/h1-5,7-10H,6,11-13H2,(H,19,21). The smallest absolute Gasteiger partial charge is 0.244 e. The van der Waals surface area contributed by atoms with Gasteiger partial charge in [0.25, 0.3) is 0 Å². The van der Waals surface area contributed by atoms with E-state index in [0.717, 1.165) is 6.42 Å². The minimum absolute atomic E-state index is 0.0361. The van der Waals surface area contributed by atoms with Crippen LogP contribution >= 0.6 is 0 Å². The van der Waals surface area contributed by atoms with Crippen molar-refractivity contribution in [2.45, 2.75) is 12.8 Å². The van der Waals surface area contributed by atoms with Crippen LogP contribution in [0.1, 0.15) is 12.8 Å². The Kier molecular flexibility index (Phi) is 4.57. The first-order valence-corrected chi connectivity index (χ1v) is 7.62. The lowest BCUT2D eigenvalue weighted by molar-refractivity contribution is -0.131. The summed E-state index contributed by atoms with van der Waals surface area (Å²) < 4.78 is 5.81. The van der Waals surface area contributed by atoms with Gasteiger partial charge in [-0.05, 0) is 30.7 Å². The number of amides is 2. The summed E-state index contributed by atoms with van der Waals surface area (Å²) in [6.07, 6.45) is 1.35. The Morgan fingerprint density at radius 1 is 1.09 bits per heavy atom. The topological polar surface area (TPSA) is 58.6 Å². The maximum absolute atomic E-state index is 12.2. The number of hydrogen-bond acceptors (Lipinski definition) is 3. The minimum Gasteiger partial charge on any atom is -0.455 e. The largest absolute Gasteiger partial charge is 0.455 e. The van der Waals surface area contributed by atoms with Crippen LogP contribution in [0.2, 0.25) is 0 Å². The molecule has 2 aromatic rings. The third-order valence-electron chi connectivity index (χ3n) is 3.64. The fraction of sp³-hybridized carbons (Fsp3) is 0.222. The maximum atomic E-state index is 12.2. The van der Waals surface area contributed by atoms with Crippen molar-refractivity contribution in [2.75, 3.05) is 18.4 Å². The van der Waals surface area contributed by atoms with E-state index >= 15 is 0 Å². The van der Waals surface area contributed by atoms with Gasteiger partial charge in [-0.1, -0.05) is 30.3 Å². The predicted octanol–water partition coefficient (Wildman–Crippen LogP) is 3.04. The summed E-state index contributed by atoms with van der Waals surface area (Å²) >= 11 is 0. The molecule has 1 N–H and O–H groups in total. The number of nitrogens with zero attached hydrogens (tertiary/aromatic N) is 1. The average Bonchev–Trinajstić information content (AvgIpc) is 2.95. The summed E-state index contributed by atoms with van der Waals surface area (Å²) in [7, 11) is 0. The average molecular weight is 310 g/mol. The first kappa shape index (κ1) is 15.1. The van der Waals surface area contributed by atoms with Crippen molar-refractivity contribution in [1.29, 1.82) is 0 Å². The Balaban J connectivity index is 1.68. The van der Waals surface area contributed by atoms with Crippen LogP contribution in [-0.4, -0.2) is 29.8 Å². The van der Waals surface area contributed by atoms with Crippen LogP contribution in [0.3, 0.4) is 0 Å². The summed E-state index contributed by atoms with van der Waals surface area (Å²) in [5, 5.41) is 2.82. The van der Waals surface area contributed by atoms with Crippen LogP contribution in [-0.2, 0) is 9.59 Å². The minimum atomic E-state index is -0.218. The first-order chi connectivity index (χ1) is 11.2. The van der Waals surface area contributed by atoms with Crippen LogP contribution in [0.25, 0.3) is 0 Å². The van der Waals surface area contributed by atoms with E-state index in [-0.39, 0.29) is 18.4 Å². The van der Waals surface area contributed by atoms with Crippen molar-refractivity contribution >= 4 is 17.5 Å². The van der Waals surface area contributed by atoms with Crippen LogP contribution in [0.4, 0.5) is 5.69 Å². The Hall–Kier alpha value is -2.82. The molecule has 3 rings (SSSR count). The van der Waals surface area contributed by atoms with E-state index in [4.69, 9.17) is 4.74 Å². The van der Waals surface area contributed by atoms with Gasteiger partial charge in [-0.2, -0.15) is 0 Å². The van der Waals surface area contributed by atoms with E-state index in [1.165, 1.54) is 0 Å². The quantitative estimate of drug-likeness (QED) is 0.923. The van der Waals surface area contributed by atoms with Crippen molar-refractivity contribution in [1.82, 2.24) is 4.90 Å². The molecule has 0 unspecified atom stereocenters. The Bertz CT molecular complexity index is 700. The van der Waals surface area contributed by atoms with Gasteiger partial charge < -0.3 is 15.0 Å². The number of para-hydroxylation sites is 3. The third kappa shape index (κ3) is 3.88. The molecular formula is C18H18N2O3. The Morgan fingerprint density at radius 2 is 1.83 bits per heavy atom. The molecule has 1 fully saturated rings. The molecule has 118 valence electrons. The summed E-state index contributed by atoms with van der Waals surface area (Å²) in [5.41, 5.74) is 0.591. The number of benzene rings is 2. The van der Waals surface area contributed by atoms with Crippen molar-refractivity contribution in [2.24, 2.45) is 0 Å². The van der Waals surface area contributed by atoms with Gasteiger partial charge in [0, 0.05) is 13.0 Å². The Labute approximate surface area is 134 Å². The molecule has 0 aromatic heterocycles. The monoisotopic (exact) mass is 310 g/mol. The highest BCUT2D eigenvalue weighted by atomic mass is 16.5. The SMILES string of the molecule is O=C(CN1CCCC1=O)Nc1ccccc1Oc1ccccc1. The fourth-order valence-corrected chi connectivity index (χ4v) is 2.51. The highest BCUT2D eigenvalue weighted by Crippen LogP contribution is 2.29. The normalized spacial score (nSPS) is 13.9. The molecule has 0 aliphatic carbocycles. The molecule has 0 atom stereocenters. The molecule has 5 heteroatoms. The van der Waals surface area contributed by atoms with Gasteiger partial charge >= 0.3 is 0 Å². The third-order valence-corrected chi connectivity index (χ3v) is 3.64. The van der Waals surface area contributed by atoms with Crippen LogP contribution in [0, 0.1) is 0 Å². The second kappa shape index (κ2) is 6.96. The molecule has 0 spiro atoms. The molecule has 1 aliphatic rings. The second-order valence-electron chi connectivity index (χ2n) is 5.38. The molecule has 2 amide bonds. The number of carbonyl (C=O) groups is 2. The summed E-state index contributed by atoms with van der Waals surface area (Å²) in [6.45, 7) is 0.729. The zero-order valence-corrected chi connectivity index (χ0v) is 12.7. The fourth-order valence-electron chi connectivity index (χ4n) is 2.51. The second-order valence-corrected chi connectivity index (χ2v) is 5.38. The van der Waals surface area contributed by atoms with Gasteiger partial charge in [0.1, 0.15) is 5.75 Å². The molecule has 1 aliphatic heterocycles. The molecule has 2 aromatic carbocycles. The van der Waals surface area contributed by atoms with Crippen molar-refractivity contribution in [3.63, 3.8) is 0 Å². The highest BCUT2D eigenvalue weighted by Gasteiger charge is 2.22. The molecule has 1 heterocycles. The van der Waals surface area contributed by atoms with E-state index < -0.39 is 0 Å². The number of likely N-dealkylation sites (tertiary alicyclic amines) is 1. The van der Waals surface area contributed by atoms with E-state index in [2.05, 4.69) is 5.32 Å². The molecule has 5 nitrogen and oxygen atoms in total. The van der Waals surface area contributed by atoms with Crippen LogP contribution in [0.15, 0.2) is 54.6 Å². The molecule has 0 saturated carbocycles. The maximum Gasteiger partial charge on any atom is 0.244 e. The van der Waals surface area contributed by atoms with Crippen LogP contribution < -0.4 is 10.1 Å². The van der Waals surface area contributed by atoms with Crippen molar-refractivity contribution < 1.29 is 14.3 Å². The first-order valence-electron chi connectivity index (χ1n) is 7.62. The molecular weight excluding hydrogens is 292 g/mol. The lowest BCUT2D eigenvalue weighted by atomic mass is 10.2. The Morgan fingerprint density at radius 3 is 2.57 bits per heavy atom. The number of rotatable bonds is 5. The zero-order valence-electron chi connectivity index (χ0n) is 12.7. The van der Waals surface area contributed by atoms with E-state index in [1.807, 2.05) is 42.5 Å². The van der Waals surface area contributed by atoms with Gasteiger partial charge in [-0.25, -0.2) is 0 Å². The lowest BCUT2D eigenvalue weighted by Crippen LogP contribution is -2.34. The van der Waals surface area contributed by atoms with Crippen LogP contribution in [0.5, 0.6) is 11.5 Å². The molecule has 0 bridgehead atoms. The van der Waals surface area contributed by atoms with Gasteiger partial charge in [0.2, 0.25) is 11.8 Å². The zero-order chi connectivity index (χ0) is 16.1. The number of nitrogens with one attached hydrogen (secondary N) is 1. The van der Waals surface area contributed by atoms with Gasteiger partial charge in [-0.3, -0.25) is 9.59 Å². The summed E-state index contributed by atoms with van der Waals surface area (Å²) in [6, 6.07) is 16.6. The van der Waals surface area contributed by atoms with Gasteiger partial charge in [-0.15, -0.1) is 0 Å². The number of hydrogen-bond donors (Lipinski definition) is 1. The van der Waals surface area contributed by atoms with Gasteiger partial charge in [0.15, 0.2) is 5.75 Å². The molecule has 23 heavy (non-hydrogen) atoms. The number of carbonyl (C=O) groups excluding carboxylic acids is 2. The van der Waals surface area contributed by atoms with E-state index in [1.54, 1.807) is 17.0 Å². The number of anilines is 1. The lowest BCUT2D eigenvalue weighted by Gasteiger charge is -2.16.